The van der Waals surface area contributed by atoms with Gasteiger partial charge in [0, 0.05) is 23.5 Å². The predicted octanol–water partition coefficient (Wildman–Crippen LogP) is 2.20. The molecule has 104 valence electrons. The summed E-state index contributed by atoms with van der Waals surface area (Å²) in [7, 11) is 0. The maximum atomic E-state index is 11.2. The third kappa shape index (κ3) is 3.28. The van der Waals surface area contributed by atoms with Crippen molar-refractivity contribution in [2.45, 2.75) is 25.9 Å². The van der Waals surface area contributed by atoms with E-state index in [1.807, 2.05) is 18.2 Å². The van der Waals surface area contributed by atoms with Crippen molar-refractivity contribution in [3.8, 4) is 0 Å². The van der Waals surface area contributed by atoms with Gasteiger partial charge in [-0.2, -0.15) is 0 Å². The van der Waals surface area contributed by atoms with Crippen molar-refractivity contribution in [2.75, 3.05) is 18.0 Å². The van der Waals surface area contributed by atoms with E-state index in [9.17, 15) is 9.90 Å². The van der Waals surface area contributed by atoms with Crippen molar-refractivity contribution in [3.63, 3.8) is 0 Å². The van der Waals surface area contributed by atoms with Gasteiger partial charge in [0.25, 0.3) is 0 Å². The molecule has 1 heterocycles. The fourth-order valence-corrected chi connectivity index (χ4v) is 3.09. The van der Waals surface area contributed by atoms with Gasteiger partial charge in [-0.1, -0.05) is 6.07 Å². The van der Waals surface area contributed by atoms with Gasteiger partial charge in [-0.3, -0.25) is 4.79 Å². The molecule has 1 aliphatic heterocycles. The van der Waals surface area contributed by atoms with Crippen LogP contribution in [-0.2, 0) is 4.79 Å². The van der Waals surface area contributed by atoms with Crippen molar-refractivity contribution in [3.05, 3.63) is 28.2 Å². The van der Waals surface area contributed by atoms with Crippen molar-refractivity contribution >= 4 is 27.5 Å². The van der Waals surface area contributed by atoms with Gasteiger partial charge in [0.05, 0.1) is 11.8 Å². The van der Waals surface area contributed by atoms with E-state index in [0.29, 0.717) is 0 Å². The molecule has 0 radical (unpaired) electrons. The molecule has 0 bridgehead atoms. The number of nitrogens with zero attached hydrogens (tertiary/aromatic N) is 1. The first-order valence-electron chi connectivity index (χ1n) is 6.51. The Balaban J connectivity index is 2.09. The Labute approximate surface area is 121 Å². The second kappa shape index (κ2) is 5.92. The minimum atomic E-state index is -0.467. The number of primary amides is 1. The van der Waals surface area contributed by atoms with Crippen LogP contribution in [0.2, 0.25) is 0 Å². The molecule has 1 aliphatic rings. The first-order valence-corrected chi connectivity index (χ1v) is 7.30. The van der Waals surface area contributed by atoms with E-state index in [-0.39, 0.29) is 11.8 Å². The lowest BCUT2D eigenvalue weighted by atomic mass is 9.96. The van der Waals surface area contributed by atoms with Gasteiger partial charge in [0.2, 0.25) is 5.91 Å². The number of carbonyl (C=O) groups excluding carboxylic acids is 1. The number of carbonyl (C=O) groups is 1. The van der Waals surface area contributed by atoms with Crippen LogP contribution in [0, 0.1) is 5.92 Å². The Bertz CT molecular complexity index is 469. The SMILES string of the molecule is C[C@H](O)c1ccc(N2CCC(C(N)=O)CC2)c(Br)c1. The molecule has 0 spiro atoms. The molecule has 0 aliphatic carbocycles. The molecular formula is C14H19BrN2O2. The quantitative estimate of drug-likeness (QED) is 0.894. The summed E-state index contributed by atoms with van der Waals surface area (Å²) >= 11 is 3.55. The van der Waals surface area contributed by atoms with E-state index in [1.54, 1.807) is 6.92 Å². The normalized spacial score (nSPS) is 18.4. The summed E-state index contributed by atoms with van der Waals surface area (Å²) in [4.78, 5) is 13.4. The molecule has 19 heavy (non-hydrogen) atoms. The van der Waals surface area contributed by atoms with E-state index >= 15 is 0 Å². The molecule has 1 fully saturated rings. The lowest BCUT2D eigenvalue weighted by molar-refractivity contribution is -0.122. The number of hydrogen-bond donors (Lipinski definition) is 2. The second-order valence-corrected chi connectivity index (χ2v) is 5.90. The molecule has 2 rings (SSSR count). The number of benzene rings is 1. The fourth-order valence-electron chi connectivity index (χ4n) is 2.44. The highest BCUT2D eigenvalue weighted by Gasteiger charge is 2.24. The molecule has 3 N–H and O–H groups in total. The number of anilines is 1. The highest BCUT2D eigenvalue weighted by molar-refractivity contribution is 9.10. The summed E-state index contributed by atoms with van der Waals surface area (Å²) in [6, 6.07) is 5.89. The van der Waals surface area contributed by atoms with Crippen LogP contribution >= 0.6 is 15.9 Å². The number of rotatable bonds is 3. The average Bonchev–Trinajstić information content (AvgIpc) is 2.38. The molecule has 1 saturated heterocycles. The van der Waals surface area contributed by atoms with E-state index in [1.165, 1.54) is 0 Å². The Morgan fingerprint density at radius 2 is 2.11 bits per heavy atom. The largest absolute Gasteiger partial charge is 0.389 e. The van der Waals surface area contributed by atoms with Crippen LogP contribution in [0.5, 0.6) is 0 Å². The van der Waals surface area contributed by atoms with Crippen LogP contribution in [0.3, 0.4) is 0 Å². The maximum absolute atomic E-state index is 11.2. The number of hydrogen-bond acceptors (Lipinski definition) is 3. The Morgan fingerprint density at radius 3 is 2.58 bits per heavy atom. The van der Waals surface area contributed by atoms with Crippen LogP contribution in [-0.4, -0.2) is 24.1 Å². The molecule has 1 atom stereocenters. The third-order valence-electron chi connectivity index (χ3n) is 3.69. The van der Waals surface area contributed by atoms with Gasteiger partial charge >= 0.3 is 0 Å². The Hall–Kier alpha value is -1.07. The minimum absolute atomic E-state index is 0.00626. The number of nitrogens with two attached hydrogens (primary N) is 1. The lowest BCUT2D eigenvalue weighted by Gasteiger charge is -2.33. The molecule has 1 amide bonds. The molecule has 0 saturated carbocycles. The summed E-state index contributed by atoms with van der Waals surface area (Å²) < 4.78 is 0.975. The average molecular weight is 327 g/mol. The summed E-state index contributed by atoms with van der Waals surface area (Å²) in [5.74, 6) is -0.185. The van der Waals surface area contributed by atoms with Crippen LogP contribution in [0.15, 0.2) is 22.7 Å². The zero-order valence-electron chi connectivity index (χ0n) is 11.0. The van der Waals surface area contributed by atoms with Crippen molar-refractivity contribution in [2.24, 2.45) is 11.7 Å². The van der Waals surface area contributed by atoms with Crippen LogP contribution in [0.4, 0.5) is 5.69 Å². The van der Waals surface area contributed by atoms with Gasteiger partial charge in [-0.25, -0.2) is 0 Å². The summed E-state index contributed by atoms with van der Waals surface area (Å²) in [6.45, 7) is 3.42. The van der Waals surface area contributed by atoms with E-state index < -0.39 is 6.10 Å². The second-order valence-electron chi connectivity index (χ2n) is 5.05. The minimum Gasteiger partial charge on any atom is -0.389 e. The van der Waals surface area contributed by atoms with E-state index in [4.69, 9.17) is 5.73 Å². The van der Waals surface area contributed by atoms with E-state index in [0.717, 1.165) is 41.7 Å². The van der Waals surface area contributed by atoms with Gasteiger partial charge in [-0.15, -0.1) is 0 Å². The number of piperidine rings is 1. The topological polar surface area (TPSA) is 66.6 Å². The van der Waals surface area contributed by atoms with Gasteiger partial charge in [0.15, 0.2) is 0 Å². The molecule has 4 nitrogen and oxygen atoms in total. The van der Waals surface area contributed by atoms with E-state index in [2.05, 4.69) is 20.8 Å². The zero-order valence-corrected chi connectivity index (χ0v) is 12.6. The van der Waals surface area contributed by atoms with Crippen LogP contribution in [0.25, 0.3) is 0 Å². The number of halogens is 1. The third-order valence-corrected chi connectivity index (χ3v) is 4.33. The fraction of sp³-hybridized carbons (Fsp3) is 0.500. The summed E-state index contributed by atoms with van der Waals surface area (Å²) in [5.41, 5.74) is 7.34. The summed E-state index contributed by atoms with van der Waals surface area (Å²) in [5, 5.41) is 9.56. The maximum Gasteiger partial charge on any atom is 0.220 e. The number of aliphatic hydroxyl groups excluding tert-OH is 1. The standard InChI is InChI=1S/C14H19BrN2O2/c1-9(18)11-2-3-13(12(15)8-11)17-6-4-10(5-7-17)14(16)19/h2-3,8-10,18H,4-7H2,1H3,(H2,16,19)/t9-/m0/s1. The highest BCUT2D eigenvalue weighted by atomic mass is 79.9. The molecule has 1 aromatic carbocycles. The molecule has 0 aromatic heterocycles. The van der Waals surface area contributed by atoms with Gasteiger partial charge < -0.3 is 15.7 Å². The Morgan fingerprint density at radius 1 is 1.47 bits per heavy atom. The predicted molar refractivity (Wildman–Crippen MR) is 78.9 cm³/mol. The first kappa shape index (κ1) is 14.3. The molecule has 0 unspecified atom stereocenters. The van der Waals surface area contributed by atoms with Crippen molar-refractivity contribution in [1.29, 1.82) is 0 Å². The van der Waals surface area contributed by atoms with Gasteiger partial charge in [-0.05, 0) is 53.4 Å². The first-order chi connectivity index (χ1) is 8.99. The highest BCUT2D eigenvalue weighted by Crippen LogP contribution is 2.32. The van der Waals surface area contributed by atoms with Crippen molar-refractivity contribution < 1.29 is 9.90 Å². The summed E-state index contributed by atoms with van der Waals surface area (Å²) in [6.07, 6.45) is 1.14. The Kier molecular flexibility index (Phi) is 4.47. The lowest BCUT2D eigenvalue weighted by Crippen LogP contribution is -2.38. The number of amides is 1. The molecular weight excluding hydrogens is 308 g/mol. The van der Waals surface area contributed by atoms with Gasteiger partial charge in [0.1, 0.15) is 0 Å². The van der Waals surface area contributed by atoms with Crippen molar-refractivity contribution in [1.82, 2.24) is 0 Å². The zero-order chi connectivity index (χ0) is 14.0. The monoisotopic (exact) mass is 326 g/mol. The van der Waals surface area contributed by atoms with Crippen LogP contribution < -0.4 is 10.6 Å². The molecule has 5 heteroatoms. The van der Waals surface area contributed by atoms with Crippen LogP contribution in [0.1, 0.15) is 31.4 Å². The smallest absolute Gasteiger partial charge is 0.220 e. The number of aliphatic hydroxyl groups is 1. The molecule has 1 aromatic rings.